The fourth-order valence-corrected chi connectivity index (χ4v) is 3.23. The molecule has 0 aromatic heterocycles. The molecule has 4 N–H and O–H groups in total. The monoisotopic (exact) mass is 430 g/mol. The summed E-state index contributed by atoms with van der Waals surface area (Å²) < 4.78 is 9.88. The number of aliphatic hydroxyl groups is 2. The molecule has 2 atom stereocenters. The summed E-state index contributed by atoms with van der Waals surface area (Å²) >= 11 is 0. The second-order valence-electron chi connectivity index (χ2n) is 7.65. The molecular formula is C20H34N2O8. The fraction of sp³-hybridized carbons (Fsp3) is 0.800. The van der Waals surface area contributed by atoms with Crippen LogP contribution in [0.15, 0.2) is 0 Å². The summed E-state index contributed by atoms with van der Waals surface area (Å²) in [6.07, 6.45) is 3.38. The predicted molar refractivity (Wildman–Crippen MR) is 106 cm³/mol. The van der Waals surface area contributed by atoms with Crippen LogP contribution in [0.25, 0.3) is 0 Å². The van der Waals surface area contributed by atoms with E-state index in [1.807, 2.05) is 13.8 Å². The highest BCUT2D eigenvalue weighted by atomic mass is 16.5. The number of hydrogen-bond acceptors (Lipinski definition) is 8. The van der Waals surface area contributed by atoms with Gasteiger partial charge < -0.3 is 30.3 Å². The molecule has 0 aromatic rings. The average Bonchev–Trinajstić information content (AvgIpc) is 2.70. The molecule has 0 aromatic carbocycles. The summed E-state index contributed by atoms with van der Waals surface area (Å²) in [5, 5.41) is 23.6. The van der Waals surface area contributed by atoms with Crippen molar-refractivity contribution in [2.24, 2.45) is 5.41 Å². The third-order valence-electron chi connectivity index (χ3n) is 4.99. The van der Waals surface area contributed by atoms with Crippen molar-refractivity contribution in [2.45, 2.75) is 70.9 Å². The number of ether oxygens (including phenoxy) is 2. The van der Waals surface area contributed by atoms with Crippen molar-refractivity contribution in [1.82, 2.24) is 10.6 Å². The zero-order chi connectivity index (χ0) is 22.6. The van der Waals surface area contributed by atoms with E-state index in [4.69, 9.17) is 9.47 Å². The Kier molecular flexibility index (Phi) is 11.3. The molecule has 30 heavy (non-hydrogen) atoms. The fourth-order valence-electron chi connectivity index (χ4n) is 3.23. The number of carbonyl (C=O) groups excluding carboxylic acids is 4. The quantitative estimate of drug-likeness (QED) is 0.277. The van der Waals surface area contributed by atoms with Gasteiger partial charge in [-0.2, -0.15) is 0 Å². The zero-order valence-corrected chi connectivity index (χ0v) is 17.8. The van der Waals surface area contributed by atoms with Crippen LogP contribution in [0.2, 0.25) is 0 Å². The number of esters is 2. The SMILES string of the molecule is CCCOC(=O)[C@@H](CO)NC(=O)CC1(CC(=O)N[C@H](CO)C(=O)OCCC)CCC1. The zero-order valence-electron chi connectivity index (χ0n) is 17.8. The van der Waals surface area contributed by atoms with Crippen LogP contribution < -0.4 is 10.6 Å². The van der Waals surface area contributed by atoms with E-state index in [-0.39, 0.29) is 26.1 Å². The molecule has 0 aliphatic heterocycles. The Balaban J connectivity index is 2.60. The summed E-state index contributed by atoms with van der Waals surface area (Å²) in [6.45, 7) is 2.88. The molecule has 1 saturated carbocycles. The van der Waals surface area contributed by atoms with Crippen LogP contribution >= 0.6 is 0 Å². The van der Waals surface area contributed by atoms with E-state index in [1.165, 1.54) is 0 Å². The van der Waals surface area contributed by atoms with Gasteiger partial charge in [0.15, 0.2) is 12.1 Å². The first-order valence-electron chi connectivity index (χ1n) is 10.4. The van der Waals surface area contributed by atoms with Crippen LogP contribution in [0.3, 0.4) is 0 Å². The molecule has 0 radical (unpaired) electrons. The van der Waals surface area contributed by atoms with Crippen molar-refractivity contribution >= 4 is 23.8 Å². The number of aliphatic hydroxyl groups excluding tert-OH is 2. The van der Waals surface area contributed by atoms with Gasteiger partial charge in [-0.15, -0.1) is 0 Å². The van der Waals surface area contributed by atoms with Crippen LogP contribution in [0.4, 0.5) is 0 Å². The minimum Gasteiger partial charge on any atom is -0.464 e. The number of carbonyl (C=O) groups is 4. The van der Waals surface area contributed by atoms with Crippen LogP contribution in [0.5, 0.6) is 0 Å². The van der Waals surface area contributed by atoms with Crippen molar-refractivity contribution in [2.75, 3.05) is 26.4 Å². The van der Waals surface area contributed by atoms with Crippen molar-refractivity contribution in [3.8, 4) is 0 Å². The molecule has 1 rings (SSSR count). The van der Waals surface area contributed by atoms with Gasteiger partial charge in [-0.1, -0.05) is 20.3 Å². The lowest BCUT2D eigenvalue weighted by Crippen LogP contribution is -2.49. The summed E-state index contributed by atoms with van der Waals surface area (Å²) in [7, 11) is 0. The van der Waals surface area contributed by atoms with Gasteiger partial charge in [0, 0.05) is 12.8 Å². The Morgan fingerprint density at radius 1 is 0.833 bits per heavy atom. The van der Waals surface area contributed by atoms with Gasteiger partial charge in [0.25, 0.3) is 0 Å². The molecule has 0 bridgehead atoms. The van der Waals surface area contributed by atoms with E-state index < -0.39 is 54.5 Å². The Bertz CT molecular complexity index is 545. The molecule has 10 heteroatoms. The lowest BCUT2D eigenvalue weighted by atomic mass is 9.64. The first-order valence-corrected chi connectivity index (χ1v) is 10.4. The van der Waals surface area contributed by atoms with E-state index in [0.29, 0.717) is 25.7 Å². The minimum absolute atomic E-state index is 0.00203. The first kappa shape index (κ1) is 25.8. The Hall–Kier alpha value is -2.20. The van der Waals surface area contributed by atoms with Gasteiger partial charge >= 0.3 is 11.9 Å². The van der Waals surface area contributed by atoms with Crippen LogP contribution in [-0.2, 0) is 28.7 Å². The third kappa shape index (κ3) is 8.27. The molecule has 1 aliphatic rings. The van der Waals surface area contributed by atoms with Gasteiger partial charge in [0.05, 0.1) is 26.4 Å². The summed E-state index contributed by atoms with van der Waals surface area (Å²) in [5.74, 6) is -2.33. The molecule has 0 saturated heterocycles. The normalized spacial score (nSPS) is 16.5. The van der Waals surface area contributed by atoms with E-state index in [9.17, 15) is 29.4 Å². The standard InChI is InChI=1S/C20H34N2O8/c1-3-8-29-18(27)14(12-23)21-16(25)10-20(6-5-7-20)11-17(26)22-15(13-24)19(28)30-9-4-2/h14-15,23-24H,3-13H2,1-2H3,(H,21,25)(H,22,26)/t14-,15-/m1/s1. The Labute approximate surface area is 176 Å². The molecular weight excluding hydrogens is 396 g/mol. The number of rotatable bonds is 14. The van der Waals surface area contributed by atoms with E-state index in [2.05, 4.69) is 10.6 Å². The lowest BCUT2D eigenvalue weighted by Gasteiger charge is -2.41. The highest BCUT2D eigenvalue weighted by molar-refractivity contribution is 5.87. The largest absolute Gasteiger partial charge is 0.464 e. The highest BCUT2D eigenvalue weighted by Crippen LogP contribution is 2.46. The van der Waals surface area contributed by atoms with E-state index >= 15 is 0 Å². The van der Waals surface area contributed by atoms with Gasteiger partial charge in [-0.3, -0.25) is 9.59 Å². The smallest absolute Gasteiger partial charge is 0.331 e. The van der Waals surface area contributed by atoms with E-state index in [0.717, 1.165) is 6.42 Å². The second-order valence-corrected chi connectivity index (χ2v) is 7.65. The van der Waals surface area contributed by atoms with Crippen LogP contribution in [0.1, 0.15) is 58.8 Å². The maximum absolute atomic E-state index is 12.4. The predicted octanol–water partition coefficient (Wildman–Crippen LogP) is -0.202. The maximum Gasteiger partial charge on any atom is 0.331 e. The topological polar surface area (TPSA) is 151 Å². The highest BCUT2D eigenvalue weighted by Gasteiger charge is 2.41. The molecule has 0 spiro atoms. The Morgan fingerprint density at radius 3 is 1.50 bits per heavy atom. The van der Waals surface area contributed by atoms with Gasteiger partial charge in [-0.05, 0) is 31.1 Å². The van der Waals surface area contributed by atoms with Crippen LogP contribution in [0, 0.1) is 5.41 Å². The molecule has 2 amide bonds. The molecule has 0 heterocycles. The Morgan fingerprint density at radius 2 is 1.23 bits per heavy atom. The molecule has 0 unspecified atom stereocenters. The summed E-state index contributed by atoms with van der Waals surface area (Å²) in [6, 6.07) is -2.30. The van der Waals surface area contributed by atoms with Crippen molar-refractivity contribution in [3.05, 3.63) is 0 Å². The second kappa shape index (κ2) is 13.2. The third-order valence-corrected chi connectivity index (χ3v) is 4.99. The number of nitrogens with one attached hydrogen (secondary N) is 2. The molecule has 1 fully saturated rings. The van der Waals surface area contributed by atoms with Gasteiger partial charge in [-0.25, -0.2) is 9.59 Å². The number of amides is 2. The van der Waals surface area contributed by atoms with Gasteiger partial charge in [0.2, 0.25) is 11.8 Å². The van der Waals surface area contributed by atoms with Crippen molar-refractivity contribution in [3.63, 3.8) is 0 Å². The van der Waals surface area contributed by atoms with E-state index in [1.54, 1.807) is 0 Å². The minimum atomic E-state index is -1.15. The summed E-state index contributed by atoms with van der Waals surface area (Å²) in [5.41, 5.74) is -0.588. The summed E-state index contributed by atoms with van der Waals surface area (Å²) in [4.78, 5) is 48.5. The first-order chi connectivity index (χ1) is 14.3. The molecule has 172 valence electrons. The molecule has 1 aliphatic carbocycles. The van der Waals surface area contributed by atoms with Gasteiger partial charge in [0.1, 0.15) is 0 Å². The van der Waals surface area contributed by atoms with Crippen LogP contribution in [-0.4, -0.2) is 72.5 Å². The number of hydrogen-bond donors (Lipinski definition) is 4. The van der Waals surface area contributed by atoms with Crippen molar-refractivity contribution < 1.29 is 38.9 Å². The average molecular weight is 430 g/mol. The molecule has 10 nitrogen and oxygen atoms in total. The maximum atomic E-state index is 12.4. The van der Waals surface area contributed by atoms with Crippen molar-refractivity contribution in [1.29, 1.82) is 0 Å². The lowest BCUT2D eigenvalue weighted by molar-refractivity contribution is -0.150.